The molecule has 0 fully saturated rings. The van der Waals surface area contributed by atoms with Crippen LogP contribution in [-0.2, 0) is 0 Å². The number of nitrogens with zero attached hydrogens (tertiary/aromatic N) is 2. The van der Waals surface area contributed by atoms with Gasteiger partial charge in [0, 0.05) is 5.69 Å². The highest BCUT2D eigenvalue weighted by Gasteiger charge is 2.27. The molecule has 0 aliphatic carbocycles. The lowest BCUT2D eigenvalue weighted by Crippen LogP contribution is -2.28. The van der Waals surface area contributed by atoms with E-state index in [2.05, 4.69) is 71.4 Å². The lowest BCUT2D eigenvalue weighted by atomic mass is 10.1. The second-order valence-electron chi connectivity index (χ2n) is 4.52. The molecular weight excluding hydrogens is 220 g/mol. The zero-order chi connectivity index (χ0) is 12.4. The minimum Gasteiger partial charge on any atom is -0.321 e. The molecule has 1 heterocycles. The molecule has 0 saturated heterocycles. The van der Waals surface area contributed by atoms with E-state index in [1.165, 1.54) is 11.3 Å². The predicted octanol–water partition coefficient (Wildman–Crippen LogP) is 3.67. The predicted molar refractivity (Wildman–Crippen MR) is 76.1 cm³/mol. The third kappa shape index (κ3) is 1.90. The van der Waals surface area contributed by atoms with Crippen LogP contribution in [0.5, 0.6) is 0 Å². The normalized spacial score (nSPS) is 18.8. The van der Waals surface area contributed by atoms with Gasteiger partial charge in [0.15, 0.2) is 0 Å². The van der Waals surface area contributed by atoms with Gasteiger partial charge in [0.1, 0.15) is 5.84 Å². The molecule has 1 aliphatic heterocycles. The largest absolute Gasteiger partial charge is 0.321 e. The van der Waals surface area contributed by atoms with Gasteiger partial charge >= 0.3 is 0 Å². The highest BCUT2D eigenvalue weighted by molar-refractivity contribution is 5.98. The molecule has 3 rings (SSSR count). The van der Waals surface area contributed by atoms with E-state index in [0.29, 0.717) is 6.04 Å². The maximum Gasteiger partial charge on any atom is 0.101 e. The van der Waals surface area contributed by atoms with Gasteiger partial charge in [0.05, 0.1) is 12.6 Å². The van der Waals surface area contributed by atoms with Crippen molar-refractivity contribution in [3.8, 4) is 0 Å². The average Bonchev–Trinajstić information content (AvgIpc) is 2.83. The lowest BCUT2D eigenvalue weighted by Gasteiger charge is -2.27. The fraction of sp³-hybridized carbons (Fsp3) is 0.188. The minimum atomic E-state index is 0.327. The van der Waals surface area contributed by atoms with Crippen molar-refractivity contribution in [3.63, 3.8) is 0 Å². The Kier molecular flexibility index (Phi) is 2.85. The third-order valence-corrected chi connectivity index (χ3v) is 3.37. The summed E-state index contributed by atoms with van der Waals surface area (Å²) in [6.07, 6.45) is 0. The van der Waals surface area contributed by atoms with E-state index >= 15 is 0 Å². The molecule has 2 aromatic rings. The number of aliphatic imine (C=N–C) groups is 1. The topological polar surface area (TPSA) is 15.6 Å². The zero-order valence-electron chi connectivity index (χ0n) is 10.5. The lowest BCUT2D eigenvalue weighted by molar-refractivity contribution is 0.769. The van der Waals surface area contributed by atoms with Crippen molar-refractivity contribution < 1.29 is 0 Å². The summed E-state index contributed by atoms with van der Waals surface area (Å²) in [4.78, 5) is 6.91. The number of para-hydroxylation sites is 1. The van der Waals surface area contributed by atoms with Gasteiger partial charge in [-0.15, -0.1) is 0 Å². The monoisotopic (exact) mass is 236 g/mol. The van der Waals surface area contributed by atoms with E-state index in [1.807, 2.05) is 6.07 Å². The minimum absolute atomic E-state index is 0.327. The molecule has 18 heavy (non-hydrogen) atoms. The molecule has 0 bridgehead atoms. The van der Waals surface area contributed by atoms with Gasteiger partial charge in [-0.05, 0) is 24.6 Å². The Balaban J connectivity index is 1.98. The third-order valence-electron chi connectivity index (χ3n) is 3.37. The molecule has 1 atom stereocenters. The van der Waals surface area contributed by atoms with Gasteiger partial charge in [-0.2, -0.15) is 0 Å². The first-order valence-corrected chi connectivity index (χ1v) is 6.26. The Bertz CT molecular complexity index is 546. The van der Waals surface area contributed by atoms with Crippen LogP contribution in [0.25, 0.3) is 0 Å². The maximum absolute atomic E-state index is 4.59. The summed E-state index contributed by atoms with van der Waals surface area (Å²) in [7, 11) is 0. The number of benzene rings is 2. The van der Waals surface area contributed by atoms with Gasteiger partial charge < -0.3 is 4.90 Å². The quantitative estimate of drug-likeness (QED) is 0.776. The summed E-state index contributed by atoms with van der Waals surface area (Å²) >= 11 is 0. The Hall–Kier alpha value is -2.09. The summed E-state index contributed by atoms with van der Waals surface area (Å²) < 4.78 is 0. The Labute approximate surface area is 108 Å². The van der Waals surface area contributed by atoms with Crippen molar-refractivity contribution in [2.24, 2.45) is 4.99 Å². The van der Waals surface area contributed by atoms with Gasteiger partial charge in [0.25, 0.3) is 0 Å². The molecule has 2 heteroatoms. The SMILES string of the molecule is CC1=NCC(c2ccccc2)N1c1ccccc1. The Morgan fingerprint density at radius 3 is 2.22 bits per heavy atom. The first-order chi connectivity index (χ1) is 8.86. The zero-order valence-corrected chi connectivity index (χ0v) is 10.5. The molecule has 1 unspecified atom stereocenters. The molecule has 2 aromatic carbocycles. The van der Waals surface area contributed by atoms with E-state index in [-0.39, 0.29) is 0 Å². The number of anilines is 1. The van der Waals surface area contributed by atoms with Gasteiger partial charge in [0.2, 0.25) is 0 Å². The summed E-state index contributed by atoms with van der Waals surface area (Å²) in [5.41, 5.74) is 2.53. The van der Waals surface area contributed by atoms with Crippen molar-refractivity contribution in [3.05, 3.63) is 66.2 Å². The first kappa shape index (κ1) is 11.0. The van der Waals surface area contributed by atoms with Crippen LogP contribution in [0.1, 0.15) is 18.5 Å². The van der Waals surface area contributed by atoms with Crippen LogP contribution in [0.3, 0.4) is 0 Å². The van der Waals surface area contributed by atoms with E-state index in [4.69, 9.17) is 0 Å². The van der Waals surface area contributed by atoms with Crippen molar-refractivity contribution in [2.75, 3.05) is 11.4 Å². The molecule has 0 amide bonds. The maximum atomic E-state index is 4.59. The standard InChI is InChI=1S/C16H16N2/c1-13-17-12-16(14-8-4-2-5-9-14)18(13)15-10-6-3-7-11-15/h2-11,16H,12H2,1H3. The van der Waals surface area contributed by atoms with Crippen molar-refractivity contribution in [1.82, 2.24) is 0 Å². The van der Waals surface area contributed by atoms with Crippen LogP contribution in [-0.4, -0.2) is 12.4 Å². The van der Waals surface area contributed by atoms with Crippen LogP contribution in [0.4, 0.5) is 5.69 Å². The fourth-order valence-corrected chi connectivity index (χ4v) is 2.49. The van der Waals surface area contributed by atoms with E-state index in [0.717, 1.165) is 12.4 Å². The van der Waals surface area contributed by atoms with E-state index in [1.54, 1.807) is 0 Å². The molecule has 0 N–H and O–H groups in total. The Morgan fingerprint density at radius 2 is 1.56 bits per heavy atom. The highest BCUT2D eigenvalue weighted by atomic mass is 15.3. The van der Waals surface area contributed by atoms with Crippen LogP contribution < -0.4 is 4.90 Å². The van der Waals surface area contributed by atoms with E-state index < -0.39 is 0 Å². The van der Waals surface area contributed by atoms with Crippen LogP contribution in [0.15, 0.2) is 65.7 Å². The summed E-state index contributed by atoms with van der Waals surface area (Å²) in [6, 6.07) is 21.4. The summed E-state index contributed by atoms with van der Waals surface area (Å²) in [6.45, 7) is 2.92. The van der Waals surface area contributed by atoms with Crippen molar-refractivity contribution in [2.45, 2.75) is 13.0 Å². The second kappa shape index (κ2) is 4.65. The fourth-order valence-electron chi connectivity index (χ4n) is 2.49. The molecule has 90 valence electrons. The van der Waals surface area contributed by atoms with Gasteiger partial charge in [-0.3, -0.25) is 4.99 Å². The second-order valence-corrected chi connectivity index (χ2v) is 4.52. The van der Waals surface area contributed by atoms with Crippen molar-refractivity contribution in [1.29, 1.82) is 0 Å². The van der Waals surface area contributed by atoms with E-state index in [9.17, 15) is 0 Å². The highest BCUT2D eigenvalue weighted by Crippen LogP contribution is 2.31. The molecule has 1 aliphatic rings. The molecule has 0 saturated carbocycles. The van der Waals surface area contributed by atoms with Crippen molar-refractivity contribution >= 4 is 11.5 Å². The summed E-state index contributed by atoms with van der Waals surface area (Å²) in [5, 5.41) is 0. The average molecular weight is 236 g/mol. The summed E-state index contributed by atoms with van der Waals surface area (Å²) in [5.74, 6) is 1.09. The van der Waals surface area contributed by atoms with Crippen LogP contribution in [0, 0.1) is 0 Å². The van der Waals surface area contributed by atoms with Crippen LogP contribution in [0.2, 0.25) is 0 Å². The Morgan fingerprint density at radius 1 is 0.944 bits per heavy atom. The smallest absolute Gasteiger partial charge is 0.101 e. The molecule has 2 nitrogen and oxygen atoms in total. The molecule has 0 aromatic heterocycles. The molecular formula is C16H16N2. The molecule has 0 radical (unpaired) electrons. The number of amidine groups is 1. The van der Waals surface area contributed by atoms with Gasteiger partial charge in [-0.25, -0.2) is 0 Å². The van der Waals surface area contributed by atoms with Crippen LogP contribution >= 0.6 is 0 Å². The number of hydrogen-bond donors (Lipinski definition) is 0. The number of rotatable bonds is 2. The number of hydrogen-bond acceptors (Lipinski definition) is 2. The van der Waals surface area contributed by atoms with Gasteiger partial charge in [-0.1, -0.05) is 48.5 Å². The molecule has 0 spiro atoms. The first-order valence-electron chi connectivity index (χ1n) is 6.26.